The Kier molecular flexibility index (Phi) is 6.93. The van der Waals surface area contributed by atoms with Crippen LogP contribution in [0.4, 0.5) is 5.69 Å². The minimum Gasteiger partial charge on any atom is -0.366 e. The second kappa shape index (κ2) is 8.97. The number of primary amides is 1. The van der Waals surface area contributed by atoms with Crippen molar-refractivity contribution in [1.82, 2.24) is 9.88 Å². The van der Waals surface area contributed by atoms with E-state index in [0.29, 0.717) is 19.0 Å². The van der Waals surface area contributed by atoms with Gasteiger partial charge in [-0.05, 0) is 43.1 Å². The van der Waals surface area contributed by atoms with Crippen LogP contribution in [0, 0.1) is 11.3 Å². The molecular weight excluding hydrogens is 344 g/mol. The third-order valence-corrected chi connectivity index (χ3v) is 5.04. The van der Waals surface area contributed by atoms with E-state index in [0.717, 1.165) is 25.7 Å². The van der Waals surface area contributed by atoms with Crippen LogP contribution in [0.15, 0.2) is 18.5 Å². The smallest absolute Gasteiger partial charge is 0.313 e. The molecule has 0 spiro atoms. The Morgan fingerprint density at radius 3 is 2.70 bits per heavy atom. The van der Waals surface area contributed by atoms with Gasteiger partial charge in [-0.1, -0.05) is 27.2 Å². The van der Waals surface area contributed by atoms with Crippen LogP contribution in [0.1, 0.15) is 63.2 Å². The number of nitrogens with two attached hydrogens (primary N) is 1. The molecule has 148 valence electrons. The highest BCUT2D eigenvalue weighted by Gasteiger charge is 2.31. The molecule has 2 rings (SSSR count). The highest BCUT2D eigenvalue weighted by atomic mass is 16.2. The van der Waals surface area contributed by atoms with Gasteiger partial charge < -0.3 is 16.0 Å². The maximum atomic E-state index is 12.7. The third kappa shape index (κ3) is 6.05. The Bertz CT molecular complexity index is 702. The summed E-state index contributed by atoms with van der Waals surface area (Å²) in [7, 11) is 0. The van der Waals surface area contributed by atoms with Crippen molar-refractivity contribution in [1.29, 1.82) is 0 Å². The van der Waals surface area contributed by atoms with Crippen molar-refractivity contribution >= 4 is 23.4 Å². The molecule has 1 aliphatic carbocycles. The summed E-state index contributed by atoms with van der Waals surface area (Å²) in [6.45, 7) is 7.66. The molecule has 7 heteroatoms. The number of nitrogens with one attached hydrogen (secondary N) is 1. The lowest BCUT2D eigenvalue weighted by molar-refractivity contribution is -0.143. The van der Waals surface area contributed by atoms with Crippen LogP contribution >= 0.6 is 0 Å². The summed E-state index contributed by atoms with van der Waals surface area (Å²) >= 11 is 0. The SMILES string of the molecule is CCCN(C[C@@H]1CCCC(C)(C)C1)C(=O)C(=O)Nc1cncc(C(N)=O)c1. The van der Waals surface area contributed by atoms with Crippen molar-refractivity contribution < 1.29 is 14.4 Å². The summed E-state index contributed by atoms with van der Waals surface area (Å²) < 4.78 is 0. The van der Waals surface area contributed by atoms with E-state index >= 15 is 0 Å². The number of hydrogen-bond donors (Lipinski definition) is 2. The molecule has 0 saturated heterocycles. The predicted octanol–water partition coefficient (Wildman–Crippen LogP) is 2.57. The summed E-state index contributed by atoms with van der Waals surface area (Å²) in [5, 5.41) is 2.53. The molecule has 1 fully saturated rings. The monoisotopic (exact) mass is 374 g/mol. The minimum absolute atomic E-state index is 0.176. The maximum absolute atomic E-state index is 12.7. The summed E-state index contributed by atoms with van der Waals surface area (Å²) in [5.41, 5.74) is 5.96. The van der Waals surface area contributed by atoms with Crippen LogP contribution in [0.3, 0.4) is 0 Å². The van der Waals surface area contributed by atoms with E-state index in [-0.39, 0.29) is 16.7 Å². The zero-order valence-corrected chi connectivity index (χ0v) is 16.5. The standard InChI is InChI=1S/C20H30N4O3/c1-4-8-24(13-14-6-5-7-20(2,3)10-14)19(27)18(26)23-16-9-15(17(21)25)11-22-12-16/h9,11-12,14H,4-8,10,13H2,1-3H3,(H2,21,25)(H,23,26)/t14-/m1/s1. The van der Waals surface area contributed by atoms with Crippen molar-refractivity contribution in [2.75, 3.05) is 18.4 Å². The fraction of sp³-hybridized carbons (Fsp3) is 0.600. The molecule has 1 saturated carbocycles. The van der Waals surface area contributed by atoms with Crippen LogP contribution in [0.25, 0.3) is 0 Å². The number of anilines is 1. The molecule has 7 nitrogen and oxygen atoms in total. The van der Waals surface area contributed by atoms with E-state index in [1.807, 2.05) is 6.92 Å². The van der Waals surface area contributed by atoms with Gasteiger partial charge in [-0.2, -0.15) is 0 Å². The first kappa shape index (κ1) is 20.9. The van der Waals surface area contributed by atoms with Crippen LogP contribution in [-0.4, -0.2) is 40.7 Å². The predicted molar refractivity (Wildman–Crippen MR) is 104 cm³/mol. The topological polar surface area (TPSA) is 105 Å². The van der Waals surface area contributed by atoms with Crippen LogP contribution < -0.4 is 11.1 Å². The second-order valence-corrected chi connectivity index (χ2v) is 8.16. The fourth-order valence-corrected chi connectivity index (χ4v) is 3.84. The van der Waals surface area contributed by atoms with Crippen molar-refractivity contribution in [3.8, 4) is 0 Å². The molecule has 1 aliphatic rings. The lowest BCUT2D eigenvalue weighted by Gasteiger charge is -2.37. The molecule has 0 aliphatic heterocycles. The molecule has 1 aromatic rings. The quantitative estimate of drug-likeness (QED) is 0.747. The number of pyridine rings is 1. The molecule has 1 heterocycles. The Morgan fingerprint density at radius 1 is 1.33 bits per heavy atom. The molecule has 1 aromatic heterocycles. The highest BCUT2D eigenvalue weighted by molar-refractivity contribution is 6.39. The van der Waals surface area contributed by atoms with E-state index in [1.165, 1.54) is 24.9 Å². The van der Waals surface area contributed by atoms with E-state index in [4.69, 9.17) is 5.73 Å². The van der Waals surface area contributed by atoms with Gasteiger partial charge in [0.25, 0.3) is 0 Å². The third-order valence-electron chi connectivity index (χ3n) is 5.04. The van der Waals surface area contributed by atoms with E-state index in [9.17, 15) is 14.4 Å². The van der Waals surface area contributed by atoms with Gasteiger partial charge in [-0.3, -0.25) is 19.4 Å². The van der Waals surface area contributed by atoms with Crippen molar-refractivity contribution in [3.05, 3.63) is 24.0 Å². The molecular formula is C20H30N4O3. The van der Waals surface area contributed by atoms with Gasteiger partial charge >= 0.3 is 11.8 Å². The largest absolute Gasteiger partial charge is 0.366 e. The second-order valence-electron chi connectivity index (χ2n) is 8.16. The number of hydrogen-bond acceptors (Lipinski definition) is 4. The van der Waals surface area contributed by atoms with Crippen LogP contribution in [0.2, 0.25) is 0 Å². The first-order valence-electron chi connectivity index (χ1n) is 9.57. The minimum atomic E-state index is -0.720. The Morgan fingerprint density at radius 2 is 2.07 bits per heavy atom. The molecule has 0 radical (unpaired) electrons. The lowest BCUT2D eigenvalue weighted by atomic mass is 9.72. The van der Waals surface area contributed by atoms with Crippen LogP contribution in [0.5, 0.6) is 0 Å². The molecule has 0 bridgehead atoms. The maximum Gasteiger partial charge on any atom is 0.313 e. The zero-order valence-electron chi connectivity index (χ0n) is 16.5. The van der Waals surface area contributed by atoms with E-state index < -0.39 is 17.7 Å². The number of aromatic nitrogens is 1. The van der Waals surface area contributed by atoms with Gasteiger partial charge in [-0.15, -0.1) is 0 Å². The highest BCUT2D eigenvalue weighted by Crippen LogP contribution is 2.38. The molecule has 1 atom stereocenters. The van der Waals surface area contributed by atoms with E-state index in [2.05, 4.69) is 24.1 Å². The molecule has 0 aromatic carbocycles. The normalized spacial score (nSPS) is 18.6. The van der Waals surface area contributed by atoms with Crippen LogP contribution in [-0.2, 0) is 9.59 Å². The van der Waals surface area contributed by atoms with Gasteiger partial charge in [0, 0.05) is 19.3 Å². The zero-order chi connectivity index (χ0) is 20.0. The average Bonchev–Trinajstić information content (AvgIpc) is 2.60. The van der Waals surface area contributed by atoms with Gasteiger partial charge in [0.1, 0.15) is 0 Å². The molecule has 3 N–H and O–H groups in total. The summed E-state index contributed by atoms with van der Waals surface area (Å²) in [6, 6.07) is 1.41. The van der Waals surface area contributed by atoms with Gasteiger partial charge in [0.05, 0.1) is 17.4 Å². The Balaban J connectivity index is 2.03. The summed E-state index contributed by atoms with van der Waals surface area (Å²) in [6.07, 6.45) is 7.99. The van der Waals surface area contributed by atoms with Gasteiger partial charge in [-0.25, -0.2) is 0 Å². The van der Waals surface area contributed by atoms with E-state index in [1.54, 1.807) is 4.90 Å². The van der Waals surface area contributed by atoms with Crippen molar-refractivity contribution in [2.45, 2.75) is 52.9 Å². The van der Waals surface area contributed by atoms with Crippen molar-refractivity contribution in [2.24, 2.45) is 17.1 Å². The molecule has 0 unspecified atom stereocenters. The van der Waals surface area contributed by atoms with Gasteiger partial charge in [0.15, 0.2) is 0 Å². The molecule has 3 amide bonds. The van der Waals surface area contributed by atoms with Gasteiger partial charge in [0.2, 0.25) is 5.91 Å². The lowest BCUT2D eigenvalue weighted by Crippen LogP contribution is -2.43. The summed E-state index contributed by atoms with van der Waals surface area (Å²) in [5.74, 6) is -1.50. The number of amides is 3. The number of rotatable bonds is 6. The number of carbonyl (C=O) groups is 3. The Hall–Kier alpha value is -2.44. The summed E-state index contributed by atoms with van der Waals surface area (Å²) in [4.78, 5) is 41.9. The number of carbonyl (C=O) groups excluding carboxylic acids is 3. The first-order chi connectivity index (χ1) is 12.7. The Labute approximate surface area is 160 Å². The average molecular weight is 374 g/mol. The van der Waals surface area contributed by atoms with Crippen molar-refractivity contribution in [3.63, 3.8) is 0 Å². The fourth-order valence-electron chi connectivity index (χ4n) is 3.84. The first-order valence-corrected chi connectivity index (χ1v) is 9.57. The number of nitrogens with zero attached hydrogens (tertiary/aromatic N) is 2. The molecule has 27 heavy (non-hydrogen) atoms.